The molecule has 0 saturated carbocycles. The molecule has 0 aliphatic carbocycles. The Hall–Kier alpha value is -1.94. The number of sulfonamides is 1. The highest BCUT2D eigenvalue weighted by Gasteiger charge is 2.23. The largest absolute Gasteiger partial charge is 0.300 e. The molecule has 0 atom stereocenters. The van der Waals surface area contributed by atoms with E-state index >= 15 is 0 Å². The van der Waals surface area contributed by atoms with Crippen LogP contribution >= 0.6 is 27.7 Å². The van der Waals surface area contributed by atoms with E-state index in [1.54, 1.807) is 18.2 Å². The molecular weight excluding hydrogens is 426 g/mol. The van der Waals surface area contributed by atoms with Crippen molar-refractivity contribution in [1.82, 2.24) is 5.32 Å². The van der Waals surface area contributed by atoms with Crippen LogP contribution in [0.5, 0.6) is 0 Å². The molecule has 1 aliphatic rings. The van der Waals surface area contributed by atoms with E-state index in [1.165, 1.54) is 23.9 Å². The van der Waals surface area contributed by atoms with Gasteiger partial charge in [-0.3, -0.25) is 4.79 Å². The van der Waals surface area contributed by atoms with Crippen LogP contribution in [0.15, 0.2) is 67.8 Å². The molecule has 1 aliphatic heterocycles. The second kappa shape index (κ2) is 7.12. The fourth-order valence-electron chi connectivity index (χ4n) is 2.02. The third kappa shape index (κ3) is 4.57. The SMILES string of the molecule is NS(=O)(=O)c1ccc(/C=C2\SC(=Nc3ccc(Br)cc3)NC2=O)cc1. The fourth-order valence-corrected chi connectivity index (χ4v) is 3.64. The minimum Gasteiger partial charge on any atom is -0.300 e. The van der Waals surface area contributed by atoms with Gasteiger partial charge in [-0.05, 0) is 59.8 Å². The summed E-state index contributed by atoms with van der Waals surface area (Å²) in [5.41, 5.74) is 1.42. The Morgan fingerprint density at radius 2 is 1.72 bits per heavy atom. The summed E-state index contributed by atoms with van der Waals surface area (Å²) >= 11 is 4.57. The second-order valence-corrected chi connectivity index (χ2v) is 8.58. The van der Waals surface area contributed by atoms with Gasteiger partial charge in [0.1, 0.15) is 0 Å². The van der Waals surface area contributed by atoms with E-state index in [9.17, 15) is 13.2 Å². The van der Waals surface area contributed by atoms with Gasteiger partial charge in [0.05, 0.1) is 15.5 Å². The first-order valence-corrected chi connectivity index (χ1v) is 10.1. The van der Waals surface area contributed by atoms with Crippen LogP contribution in [0.25, 0.3) is 6.08 Å². The van der Waals surface area contributed by atoms with Gasteiger partial charge in [0, 0.05) is 4.47 Å². The van der Waals surface area contributed by atoms with Crippen molar-refractivity contribution in [2.24, 2.45) is 10.1 Å². The summed E-state index contributed by atoms with van der Waals surface area (Å²) in [5, 5.41) is 8.25. The molecule has 0 bridgehead atoms. The number of hydrogen-bond acceptors (Lipinski definition) is 5. The quantitative estimate of drug-likeness (QED) is 0.720. The predicted octanol–water partition coefficient (Wildman–Crippen LogP) is 2.99. The van der Waals surface area contributed by atoms with Crippen molar-refractivity contribution in [1.29, 1.82) is 0 Å². The van der Waals surface area contributed by atoms with Crippen LogP contribution in [0.2, 0.25) is 0 Å². The Kier molecular flexibility index (Phi) is 5.09. The molecule has 0 radical (unpaired) electrons. The van der Waals surface area contributed by atoms with Crippen LogP contribution < -0.4 is 10.5 Å². The summed E-state index contributed by atoms with van der Waals surface area (Å²) in [6.07, 6.45) is 1.66. The first kappa shape index (κ1) is 17.9. The topological polar surface area (TPSA) is 102 Å². The molecule has 3 N–H and O–H groups in total. The number of carbonyl (C=O) groups excluding carboxylic acids is 1. The maximum Gasteiger partial charge on any atom is 0.264 e. The highest BCUT2D eigenvalue weighted by atomic mass is 79.9. The predicted molar refractivity (Wildman–Crippen MR) is 103 cm³/mol. The number of aliphatic imine (C=N–C) groups is 1. The van der Waals surface area contributed by atoms with Gasteiger partial charge in [-0.2, -0.15) is 0 Å². The third-order valence-electron chi connectivity index (χ3n) is 3.21. The van der Waals surface area contributed by atoms with E-state index in [-0.39, 0.29) is 10.8 Å². The second-order valence-electron chi connectivity index (χ2n) is 5.07. The number of nitrogens with two attached hydrogens (primary N) is 1. The highest BCUT2D eigenvalue weighted by molar-refractivity contribution is 9.10. The van der Waals surface area contributed by atoms with Crippen molar-refractivity contribution in [2.45, 2.75) is 4.90 Å². The maximum absolute atomic E-state index is 12.1. The van der Waals surface area contributed by atoms with E-state index in [0.29, 0.717) is 15.6 Å². The summed E-state index contributed by atoms with van der Waals surface area (Å²) in [7, 11) is -3.73. The van der Waals surface area contributed by atoms with Gasteiger partial charge in [0.25, 0.3) is 5.91 Å². The number of thioether (sulfide) groups is 1. The number of rotatable bonds is 3. The number of amidine groups is 1. The number of primary sulfonamides is 1. The van der Waals surface area contributed by atoms with E-state index in [1.807, 2.05) is 24.3 Å². The zero-order valence-corrected chi connectivity index (χ0v) is 15.9. The monoisotopic (exact) mass is 437 g/mol. The zero-order chi connectivity index (χ0) is 18.0. The molecule has 9 heteroatoms. The number of carbonyl (C=O) groups is 1. The number of halogens is 1. The minimum atomic E-state index is -3.73. The zero-order valence-electron chi connectivity index (χ0n) is 12.6. The van der Waals surface area contributed by atoms with Gasteiger partial charge in [0.15, 0.2) is 5.17 Å². The van der Waals surface area contributed by atoms with Crippen LogP contribution in [0, 0.1) is 0 Å². The number of nitrogens with zero attached hydrogens (tertiary/aromatic N) is 1. The Labute approximate surface area is 157 Å². The Bertz CT molecular complexity index is 982. The lowest BCUT2D eigenvalue weighted by molar-refractivity contribution is -0.115. The summed E-state index contributed by atoms with van der Waals surface area (Å²) in [4.78, 5) is 16.9. The first-order chi connectivity index (χ1) is 11.8. The van der Waals surface area contributed by atoms with E-state index in [2.05, 4.69) is 26.2 Å². The lowest BCUT2D eigenvalue weighted by Crippen LogP contribution is -2.19. The molecule has 1 fully saturated rings. The summed E-state index contributed by atoms with van der Waals surface area (Å²) < 4.78 is 23.5. The molecular formula is C16H12BrN3O3S2. The number of amides is 1. The van der Waals surface area contributed by atoms with Crippen molar-refractivity contribution < 1.29 is 13.2 Å². The van der Waals surface area contributed by atoms with Crippen LogP contribution in [0.4, 0.5) is 5.69 Å². The number of nitrogens with one attached hydrogen (secondary N) is 1. The molecule has 1 heterocycles. The lowest BCUT2D eigenvalue weighted by Gasteiger charge is -1.99. The average Bonchev–Trinajstić information content (AvgIpc) is 2.89. The molecule has 2 aromatic carbocycles. The Balaban J connectivity index is 1.80. The molecule has 128 valence electrons. The van der Waals surface area contributed by atoms with Gasteiger partial charge < -0.3 is 5.32 Å². The van der Waals surface area contributed by atoms with Crippen LogP contribution in [0.1, 0.15) is 5.56 Å². The van der Waals surface area contributed by atoms with Crippen molar-refractivity contribution >= 4 is 60.6 Å². The van der Waals surface area contributed by atoms with Crippen molar-refractivity contribution in [3.05, 3.63) is 63.5 Å². The molecule has 3 rings (SSSR count). The molecule has 6 nitrogen and oxygen atoms in total. The molecule has 0 spiro atoms. The Morgan fingerprint density at radius 3 is 2.32 bits per heavy atom. The fraction of sp³-hybridized carbons (Fsp3) is 0. The molecule has 1 amide bonds. The van der Waals surface area contributed by atoms with Crippen LogP contribution in [-0.4, -0.2) is 19.5 Å². The summed E-state index contributed by atoms with van der Waals surface area (Å²) in [5.74, 6) is -0.253. The van der Waals surface area contributed by atoms with Gasteiger partial charge in [0.2, 0.25) is 10.0 Å². The summed E-state index contributed by atoms with van der Waals surface area (Å²) in [6.45, 7) is 0. The van der Waals surface area contributed by atoms with Crippen LogP contribution in [0.3, 0.4) is 0 Å². The van der Waals surface area contributed by atoms with Gasteiger partial charge in [-0.25, -0.2) is 18.5 Å². The minimum absolute atomic E-state index is 0.0238. The van der Waals surface area contributed by atoms with Gasteiger partial charge in [-0.1, -0.05) is 28.1 Å². The van der Waals surface area contributed by atoms with Crippen molar-refractivity contribution in [3.63, 3.8) is 0 Å². The van der Waals surface area contributed by atoms with E-state index < -0.39 is 10.0 Å². The van der Waals surface area contributed by atoms with Crippen LogP contribution in [-0.2, 0) is 14.8 Å². The smallest absolute Gasteiger partial charge is 0.264 e. The molecule has 0 unspecified atom stereocenters. The maximum atomic E-state index is 12.1. The molecule has 0 aromatic heterocycles. The average molecular weight is 438 g/mol. The normalized spacial score (nSPS) is 17.9. The van der Waals surface area contributed by atoms with Gasteiger partial charge in [-0.15, -0.1) is 0 Å². The van der Waals surface area contributed by atoms with Crippen molar-refractivity contribution in [2.75, 3.05) is 0 Å². The standard InChI is InChI=1S/C16H12BrN3O3S2/c17-11-3-5-12(6-4-11)19-16-20-15(21)14(24-16)9-10-1-7-13(8-2-10)25(18,22)23/h1-9H,(H2,18,22,23)(H,19,20,21)/b14-9-. The van der Waals surface area contributed by atoms with Gasteiger partial charge >= 0.3 is 0 Å². The third-order valence-corrected chi connectivity index (χ3v) is 5.58. The lowest BCUT2D eigenvalue weighted by atomic mass is 10.2. The molecule has 25 heavy (non-hydrogen) atoms. The van der Waals surface area contributed by atoms with Crippen molar-refractivity contribution in [3.8, 4) is 0 Å². The first-order valence-electron chi connectivity index (χ1n) is 6.99. The molecule has 2 aromatic rings. The number of benzene rings is 2. The van der Waals surface area contributed by atoms with E-state index in [4.69, 9.17) is 5.14 Å². The number of hydrogen-bond donors (Lipinski definition) is 2. The van der Waals surface area contributed by atoms with E-state index in [0.717, 1.165) is 10.2 Å². The summed E-state index contributed by atoms with van der Waals surface area (Å²) in [6, 6.07) is 13.4. The Morgan fingerprint density at radius 1 is 1.08 bits per heavy atom. The molecule has 1 saturated heterocycles. The highest BCUT2D eigenvalue weighted by Crippen LogP contribution is 2.28.